The molecule has 8 heteroatoms. The minimum Gasteiger partial charge on any atom is -0.365 e. The van der Waals surface area contributed by atoms with Crippen molar-refractivity contribution in [1.82, 2.24) is 5.32 Å². The minimum absolute atomic E-state index is 0.00767. The van der Waals surface area contributed by atoms with Crippen molar-refractivity contribution < 1.29 is 14.0 Å². The van der Waals surface area contributed by atoms with Crippen molar-refractivity contribution in [3.05, 3.63) is 51.7 Å². The van der Waals surface area contributed by atoms with Crippen LogP contribution in [0.25, 0.3) is 0 Å². The van der Waals surface area contributed by atoms with E-state index in [0.29, 0.717) is 16.5 Å². The molecule has 0 radical (unpaired) electrons. The number of halogens is 1. The molecule has 1 aromatic heterocycles. The fraction of sp³-hybridized carbons (Fsp3) is 0.381. The normalized spacial score (nSPS) is 16.1. The summed E-state index contributed by atoms with van der Waals surface area (Å²) in [5.74, 6) is -1.31. The molecule has 1 atom stereocenters. The summed E-state index contributed by atoms with van der Waals surface area (Å²) in [6.45, 7) is 6.66. The van der Waals surface area contributed by atoms with E-state index < -0.39 is 17.6 Å². The molecule has 1 aliphatic rings. The molecular weight excluding hydrogens is 409 g/mol. The van der Waals surface area contributed by atoms with E-state index >= 15 is 0 Å². The summed E-state index contributed by atoms with van der Waals surface area (Å²) >= 11 is 6.65. The maximum atomic E-state index is 13.8. The molecule has 0 spiro atoms. The number of nitrogens with two attached hydrogens (primary N) is 1. The largest absolute Gasteiger partial charge is 0.365 e. The van der Waals surface area contributed by atoms with E-state index in [4.69, 9.17) is 18.0 Å². The lowest BCUT2D eigenvalue weighted by molar-refractivity contribution is 0.0971. The van der Waals surface area contributed by atoms with Crippen molar-refractivity contribution in [2.75, 3.05) is 5.32 Å². The summed E-state index contributed by atoms with van der Waals surface area (Å²) in [6, 6.07) is 5.65. The van der Waals surface area contributed by atoms with Crippen LogP contribution < -0.4 is 16.4 Å². The molecule has 1 heterocycles. The monoisotopic (exact) mass is 433 g/mol. The maximum Gasteiger partial charge on any atom is 0.260 e. The second-order valence-electron chi connectivity index (χ2n) is 8.27. The first-order valence-corrected chi connectivity index (χ1v) is 10.6. The predicted octanol–water partition coefficient (Wildman–Crippen LogP) is 4.26. The number of hydrogen-bond acceptors (Lipinski definition) is 4. The Hall–Kier alpha value is -2.32. The van der Waals surface area contributed by atoms with Gasteiger partial charge >= 0.3 is 0 Å². The third-order valence-electron chi connectivity index (χ3n) is 5.31. The van der Waals surface area contributed by atoms with Gasteiger partial charge in [-0.1, -0.05) is 32.9 Å². The van der Waals surface area contributed by atoms with Crippen LogP contribution in [0.4, 0.5) is 9.39 Å². The molecule has 0 aliphatic heterocycles. The van der Waals surface area contributed by atoms with Gasteiger partial charge in [-0.25, -0.2) is 4.39 Å². The van der Waals surface area contributed by atoms with Crippen LogP contribution in [0.2, 0.25) is 0 Å². The van der Waals surface area contributed by atoms with Gasteiger partial charge in [0.2, 0.25) is 0 Å². The molecular formula is C21H24FN3O2S2. The van der Waals surface area contributed by atoms with Gasteiger partial charge in [0.05, 0.1) is 11.1 Å². The number of thiophene rings is 1. The third-order valence-corrected chi connectivity index (χ3v) is 6.68. The van der Waals surface area contributed by atoms with Crippen LogP contribution in [0.5, 0.6) is 0 Å². The van der Waals surface area contributed by atoms with Crippen molar-refractivity contribution in [2.24, 2.45) is 17.1 Å². The highest BCUT2D eigenvalue weighted by molar-refractivity contribution is 7.80. The third kappa shape index (κ3) is 4.64. The quantitative estimate of drug-likeness (QED) is 0.632. The van der Waals surface area contributed by atoms with Gasteiger partial charge in [-0.2, -0.15) is 0 Å². The van der Waals surface area contributed by atoms with Gasteiger partial charge in [-0.15, -0.1) is 11.3 Å². The van der Waals surface area contributed by atoms with Crippen LogP contribution in [0.15, 0.2) is 24.3 Å². The Labute approximate surface area is 178 Å². The average Bonchev–Trinajstić information content (AvgIpc) is 2.98. The van der Waals surface area contributed by atoms with Crippen LogP contribution in [0.3, 0.4) is 0 Å². The molecule has 0 unspecified atom stereocenters. The summed E-state index contributed by atoms with van der Waals surface area (Å²) in [6.07, 6.45) is 2.64. The molecule has 0 saturated heterocycles. The van der Waals surface area contributed by atoms with Crippen LogP contribution in [-0.4, -0.2) is 16.9 Å². The number of nitrogens with one attached hydrogen (secondary N) is 2. The Bertz CT molecular complexity index is 979. The van der Waals surface area contributed by atoms with E-state index in [0.717, 1.165) is 29.7 Å². The van der Waals surface area contributed by atoms with E-state index in [2.05, 4.69) is 31.4 Å². The Kier molecular flexibility index (Phi) is 6.05. The summed E-state index contributed by atoms with van der Waals surface area (Å²) < 4.78 is 13.8. The molecule has 0 bridgehead atoms. The number of thiocarbonyl (C=S) groups is 1. The van der Waals surface area contributed by atoms with E-state index in [9.17, 15) is 14.0 Å². The van der Waals surface area contributed by atoms with Crippen molar-refractivity contribution in [1.29, 1.82) is 0 Å². The first kappa shape index (κ1) is 21.4. The molecule has 2 amide bonds. The van der Waals surface area contributed by atoms with Crippen LogP contribution in [0, 0.1) is 17.2 Å². The molecule has 0 fully saturated rings. The van der Waals surface area contributed by atoms with Gasteiger partial charge in [0.1, 0.15) is 10.8 Å². The Morgan fingerprint density at radius 1 is 1.28 bits per heavy atom. The number of carbonyl (C=O) groups excluding carboxylic acids is 2. The molecule has 0 saturated carbocycles. The van der Waals surface area contributed by atoms with Crippen LogP contribution in [-0.2, 0) is 12.8 Å². The summed E-state index contributed by atoms with van der Waals surface area (Å²) in [4.78, 5) is 25.5. The number of anilines is 1. The lowest BCUT2D eigenvalue weighted by atomic mass is 9.72. The smallest absolute Gasteiger partial charge is 0.260 e. The van der Waals surface area contributed by atoms with Gasteiger partial charge < -0.3 is 11.1 Å². The van der Waals surface area contributed by atoms with Crippen molar-refractivity contribution in [3.63, 3.8) is 0 Å². The number of primary amides is 1. The van der Waals surface area contributed by atoms with Gasteiger partial charge in [-0.05, 0) is 60.5 Å². The fourth-order valence-electron chi connectivity index (χ4n) is 3.62. The number of rotatable bonds is 3. The Morgan fingerprint density at radius 2 is 1.97 bits per heavy atom. The number of amides is 2. The second kappa shape index (κ2) is 8.20. The standard InChI is InChI=1S/C21H24FN3O2S2/c1-21(2,3)11-8-9-13-15(10-11)29-19(16(13)17(23)26)25-20(28)24-18(27)12-6-4-5-7-14(12)22/h4-7,11H,8-10H2,1-3H3,(H2,23,26)(H2,24,25,27,28)/t11-/m1/s1. The van der Waals surface area contributed by atoms with Gasteiger partial charge in [-0.3, -0.25) is 14.9 Å². The first-order valence-electron chi connectivity index (χ1n) is 9.39. The Balaban J connectivity index is 1.80. The minimum atomic E-state index is -0.657. The van der Waals surface area contributed by atoms with Crippen molar-refractivity contribution >= 4 is 45.5 Å². The molecule has 2 aromatic rings. The second-order valence-corrected chi connectivity index (χ2v) is 9.78. The fourth-order valence-corrected chi connectivity index (χ4v) is 5.22. The number of benzene rings is 1. The number of hydrogen-bond donors (Lipinski definition) is 3. The summed E-state index contributed by atoms with van der Waals surface area (Å²) in [7, 11) is 0. The number of carbonyl (C=O) groups is 2. The Morgan fingerprint density at radius 3 is 2.59 bits per heavy atom. The van der Waals surface area contributed by atoms with Crippen LogP contribution >= 0.6 is 23.6 Å². The van der Waals surface area contributed by atoms with Gasteiger partial charge in [0.25, 0.3) is 11.8 Å². The first-order chi connectivity index (χ1) is 13.6. The SMILES string of the molecule is CC(C)(C)[C@@H]1CCc2c(sc(NC(=S)NC(=O)c3ccccc3F)c2C(N)=O)C1. The highest BCUT2D eigenvalue weighted by atomic mass is 32.1. The number of fused-ring (bicyclic) bond motifs is 1. The molecule has 29 heavy (non-hydrogen) atoms. The topological polar surface area (TPSA) is 84.2 Å². The predicted molar refractivity (Wildman–Crippen MR) is 118 cm³/mol. The zero-order valence-electron chi connectivity index (χ0n) is 16.6. The zero-order chi connectivity index (χ0) is 21.3. The van der Waals surface area contributed by atoms with E-state index in [1.165, 1.54) is 29.5 Å². The van der Waals surface area contributed by atoms with Crippen LogP contribution in [0.1, 0.15) is 58.3 Å². The molecule has 154 valence electrons. The highest BCUT2D eigenvalue weighted by Gasteiger charge is 2.33. The molecule has 4 N–H and O–H groups in total. The zero-order valence-corrected chi connectivity index (χ0v) is 18.2. The molecule has 1 aromatic carbocycles. The lowest BCUT2D eigenvalue weighted by Gasteiger charge is -2.33. The molecule has 1 aliphatic carbocycles. The van der Waals surface area contributed by atoms with Crippen molar-refractivity contribution in [2.45, 2.75) is 40.0 Å². The lowest BCUT2D eigenvalue weighted by Crippen LogP contribution is -2.35. The molecule has 3 rings (SSSR count). The van der Waals surface area contributed by atoms with Gasteiger partial charge in [0.15, 0.2) is 5.11 Å². The van der Waals surface area contributed by atoms with Gasteiger partial charge in [0, 0.05) is 4.88 Å². The van der Waals surface area contributed by atoms with E-state index in [1.54, 1.807) is 6.07 Å². The van der Waals surface area contributed by atoms with Crippen molar-refractivity contribution in [3.8, 4) is 0 Å². The van der Waals surface area contributed by atoms with E-state index in [1.807, 2.05) is 0 Å². The maximum absolute atomic E-state index is 13.8. The summed E-state index contributed by atoms with van der Waals surface area (Å²) in [5.41, 5.74) is 7.10. The molecule has 5 nitrogen and oxygen atoms in total. The highest BCUT2D eigenvalue weighted by Crippen LogP contribution is 2.44. The summed E-state index contributed by atoms with van der Waals surface area (Å²) in [5, 5.41) is 5.89. The average molecular weight is 434 g/mol. The van der Waals surface area contributed by atoms with E-state index in [-0.39, 0.29) is 16.1 Å².